The minimum absolute atomic E-state index is 0.0353. The molecule has 0 unspecified atom stereocenters. The molecule has 128 valence electrons. The summed E-state index contributed by atoms with van der Waals surface area (Å²) in [5.74, 6) is 0.0353. The lowest BCUT2D eigenvalue weighted by molar-refractivity contribution is 0.475. The fourth-order valence-electron chi connectivity index (χ4n) is 2.73. The summed E-state index contributed by atoms with van der Waals surface area (Å²) in [5.41, 5.74) is 2.10. The fourth-order valence-corrected chi connectivity index (χ4v) is 3.75. The van der Waals surface area contributed by atoms with Gasteiger partial charge in [0, 0.05) is 5.56 Å². The molecule has 0 saturated heterocycles. The van der Waals surface area contributed by atoms with Gasteiger partial charge >= 0.3 is 0 Å². The summed E-state index contributed by atoms with van der Waals surface area (Å²) in [6.07, 6.45) is 1.32. The highest BCUT2D eigenvalue weighted by molar-refractivity contribution is 7.89. The number of aromatic hydroxyl groups is 1. The predicted octanol–water partition coefficient (Wildman–Crippen LogP) is 3.47. The number of sulfonamides is 1. The van der Waals surface area contributed by atoms with Crippen LogP contribution in [0.3, 0.4) is 0 Å². The zero-order valence-corrected chi connectivity index (χ0v) is 14.7. The van der Waals surface area contributed by atoms with Crippen molar-refractivity contribution in [3.63, 3.8) is 0 Å². The van der Waals surface area contributed by atoms with E-state index in [2.05, 4.69) is 9.93 Å². The van der Waals surface area contributed by atoms with Crippen LogP contribution in [0.5, 0.6) is 5.75 Å². The quantitative estimate of drug-likeness (QED) is 0.556. The van der Waals surface area contributed by atoms with Gasteiger partial charge in [0.15, 0.2) is 0 Å². The number of phenols is 1. The molecule has 0 fully saturated rings. The maximum atomic E-state index is 12.4. The second kappa shape index (κ2) is 6.57. The van der Waals surface area contributed by atoms with Crippen molar-refractivity contribution >= 4 is 27.0 Å². The van der Waals surface area contributed by atoms with Crippen LogP contribution in [0, 0.1) is 13.8 Å². The maximum Gasteiger partial charge on any atom is 0.276 e. The summed E-state index contributed by atoms with van der Waals surface area (Å²) >= 11 is 0. The molecule has 3 aromatic carbocycles. The Balaban J connectivity index is 1.92. The summed E-state index contributed by atoms with van der Waals surface area (Å²) in [6, 6.07) is 15.9. The highest BCUT2D eigenvalue weighted by Gasteiger charge is 2.15. The number of hydrogen-bond acceptors (Lipinski definition) is 4. The third-order valence-corrected chi connectivity index (χ3v) is 5.32. The smallest absolute Gasteiger partial charge is 0.276 e. The second-order valence-corrected chi connectivity index (χ2v) is 7.47. The lowest BCUT2D eigenvalue weighted by Crippen LogP contribution is -2.19. The Morgan fingerprint density at radius 3 is 2.56 bits per heavy atom. The van der Waals surface area contributed by atoms with Crippen LogP contribution < -0.4 is 4.83 Å². The van der Waals surface area contributed by atoms with Gasteiger partial charge in [0.05, 0.1) is 11.1 Å². The van der Waals surface area contributed by atoms with Crippen molar-refractivity contribution in [2.24, 2.45) is 5.10 Å². The molecule has 0 aromatic heterocycles. The van der Waals surface area contributed by atoms with E-state index in [4.69, 9.17) is 0 Å². The Morgan fingerprint density at radius 2 is 1.80 bits per heavy atom. The van der Waals surface area contributed by atoms with E-state index < -0.39 is 10.0 Å². The number of nitrogens with zero attached hydrogens (tertiary/aromatic N) is 1. The lowest BCUT2D eigenvalue weighted by Gasteiger charge is -2.08. The maximum absolute atomic E-state index is 12.4. The number of fused-ring (bicyclic) bond motifs is 1. The topological polar surface area (TPSA) is 78.8 Å². The van der Waals surface area contributed by atoms with E-state index in [1.165, 1.54) is 6.21 Å². The molecule has 5 nitrogen and oxygen atoms in total. The van der Waals surface area contributed by atoms with Gasteiger partial charge in [0.2, 0.25) is 0 Å². The molecule has 0 aliphatic rings. The van der Waals surface area contributed by atoms with E-state index >= 15 is 0 Å². The minimum atomic E-state index is -3.77. The molecule has 0 amide bonds. The first-order chi connectivity index (χ1) is 11.9. The molecule has 6 heteroatoms. The third kappa shape index (κ3) is 3.49. The summed E-state index contributed by atoms with van der Waals surface area (Å²) in [4.78, 5) is 2.38. The van der Waals surface area contributed by atoms with Crippen molar-refractivity contribution in [2.75, 3.05) is 0 Å². The van der Waals surface area contributed by atoms with Crippen LogP contribution in [-0.2, 0) is 10.0 Å². The SMILES string of the molecule is Cc1ccc(S(=O)(=O)N/N=C\c2c(O)ccc3ccccc23)c(C)c1. The lowest BCUT2D eigenvalue weighted by atomic mass is 10.0. The van der Waals surface area contributed by atoms with Crippen molar-refractivity contribution in [3.8, 4) is 5.75 Å². The van der Waals surface area contributed by atoms with Crippen LogP contribution in [0.1, 0.15) is 16.7 Å². The Hall–Kier alpha value is -2.86. The molecule has 25 heavy (non-hydrogen) atoms. The van der Waals surface area contributed by atoms with Crippen LogP contribution in [0.2, 0.25) is 0 Å². The monoisotopic (exact) mass is 354 g/mol. The third-order valence-electron chi connectivity index (χ3n) is 3.93. The van der Waals surface area contributed by atoms with E-state index in [1.54, 1.807) is 37.3 Å². The van der Waals surface area contributed by atoms with Crippen molar-refractivity contribution in [3.05, 3.63) is 71.3 Å². The van der Waals surface area contributed by atoms with Gasteiger partial charge in [-0.15, -0.1) is 0 Å². The Bertz CT molecular complexity index is 1070. The van der Waals surface area contributed by atoms with Crippen LogP contribution in [0.25, 0.3) is 10.8 Å². The molecule has 0 heterocycles. The Morgan fingerprint density at radius 1 is 1.04 bits per heavy atom. The Kier molecular flexibility index (Phi) is 4.46. The van der Waals surface area contributed by atoms with Gasteiger partial charge in [-0.05, 0) is 42.3 Å². The van der Waals surface area contributed by atoms with Crippen LogP contribution in [0.15, 0.2) is 64.6 Å². The van der Waals surface area contributed by atoms with Crippen LogP contribution in [-0.4, -0.2) is 19.7 Å². The van der Waals surface area contributed by atoms with E-state index in [-0.39, 0.29) is 10.6 Å². The van der Waals surface area contributed by atoms with Gasteiger partial charge in [0.25, 0.3) is 10.0 Å². The van der Waals surface area contributed by atoms with Crippen molar-refractivity contribution in [2.45, 2.75) is 18.7 Å². The van der Waals surface area contributed by atoms with Gasteiger partial charge in [-0.2, -0.15) is 13.5 Å². The standard InChI is InChI=1S/C19H18N2O3S/c1-13-7-10-19(14(2)11-13)25(23,24)21-20-12-17-16-6-4-3-5-15(16)8-9-18(17)22/h3-12,21-22H,1-2H3/b20-12-. The average molecular weight is 354 g/mol. The van der Waals surface area contributed by atoms with Crippen molar-refractivity contribution < 1.29 is 13.5 Å². The summed E-state index contributed by atoms with van der Waals surface area (Å²) < 4.78 is 24.8. The Labute approximate surface area is 146 Å². The first kappa shape index (κ1) is 17.0. The molecule has 3 aromatic rings. The number of rotatable bonds is 4. The van der Waals surface area contributed by atoms with Gasteiger partial charge in [-0.1, -0.05) is 48.0 Å². The molecule has 0 saturated carbocycles. The number of aryl methyl sites for hydroxylation is 2. The largest absolute Gasteiger partial charge is 0.507 e. The number of benzene rings is 3. The van der Waals surface area contributed by atoms with E-state index in [0.29, 0.717) is 11.1 Å². The summed E-state index contributed by atoms with van der Waals surface area (Å²) in [6.45, 7) is 3.64. The van der Waals surface area contributed by atoms with Gasteiger partial charge in [-0.3, -0.25) is 0 Å². The zero-order chi connectivity index (χ0) is 18.0. The normalized spacial score (nSPS) is 11.9. The molecular weight excluding hydrogens is 336 g/mol. The average Bonchev–Trinajstić information content (AvgIpc) is 2.56. The fraction of sp³-hybridized carbons (Fsp3) is 0.105. The molecule has 0 aliphatic heterocycles. The summed E-state index contributed by atoms with van der Waals surface area (Å²) in [5, 5.41) is 15.6. The molecule has 0 aliphatic carbocycles. The van der Waals surface area contributed by atoms with Gasteiger partial charge in [-0.25, -0.2) is 4.83 Å². The number of nitrogens with one attached hydrogen (secondary N) is 1. The number of hydrazone groups is 1. The van der Waals surface area contributed by atoms with Crippen LogP contribution in [0.4, 0.5) is 0 Å². The first-order valence-corrected chi connectivity index (χ1v) is 9.19. The predicted molar refractivity (Wildman–Crippen MR) is 99.4 cm³/mol. The second-order valence-electron chi connectivity index (χ2n) is 5.84. The highest BCUT2D eigenvalue weighted by Crippen LogP contribution is 2.25. The number of phenolic OH excluding ortho intramolecular Hbond substituents is 1. The molecule has 3 rings (SSSR count). The molecule has 0 spiro atoms. The first-order valence-electron chi connectivity index (χ1n) is 7.71. The van der Waals surface area contributed by atoms with Crippen LogP contribution >= 0.6 is 0 Å². The molecule has 0 bridgehead atoms. The molecular formula is C19H18N2O3S. The summed E-state index contributed by atoms with van der Waals surface area (Å²) in [7, 11) is -3.77. The van der Waals surface area contributed by atoms with Crippen molar-refractivity contribution in [1.29, 1.82) is 0 Å². The minimum Gasteiger partial charge on any atom is -0.507 e. The zero-order valence-electron chi connectivity index (χ0n) is 13.9. The highest BCUT2D eigenvalue weighted by atomic mass is 32.2. The van der Waals surface area contributed by atoms with E-state index in [1.807, 2.05) is 31.2 Å². The van der Waals surface area contributed by atoms with E-state index in [0.717, 1.165) is 16.3 Å². The molecule has 2 N–H and O–H groups in total. The van der Waals surface area contributed by atoms with E-state index in [9.17, 15) is 13.5 Å². The molecule has 0 atom stereocenters. The van der Waals surface area contributed by atoms with Gasteiger partial charge in [0.1, 0.15) is 5.75 Å². The van der Waals surface area contributed by atoms with Gasteiger partial charge < -0.3 is 5.11 Å². The molecule has 0 radical (unpaired) electrons. The number of hydrogen-bond donors (Lipinski definition) is 2. The van der Waals surface area contributed by atoms with Crippen molar-refractivity contribution in [1.82, 2.24) is 4.83 Å².